The van der Waals surface area contributed by atoms with E-state index in [1.807, 2.05) is 58.0 Å². The van der Waals surface area contributed by atoms with Crippen LogP contribution >= 0.6 is 0 Å². The summed E-state index contributed by atoms with van der Waals surface area (Å²) in [5, 5.41) is 0. The first-order valence-corrected chi connectivity index (χ1v) is 9.06. The second-order valence-corrected chi connectivity index (χ2v) is 8.51. The Bertz CT molecular complexity index is 497. The molecule has 23 heavy (non-hydrogen) atoms. The molecule has 0 aliphatic heterocycles. The van der Waals surface area contributed by atoms with Crippen LogP contribution in [-0.4, -0.2) is 21.5 Å². The molecule has 1 rings (SSSR count). The fourth-order valence-corrected chi connectivity index (χ4v) is 2.34. The van der Waals surface area contributed by atoms with E-state index in [1.165, 1.54) is 0 Å². The van der Waals surface area contributed by atoms with Gasteiger partial charge in [0.25, 0.3) is 0 Å². The number of esters is 1. The summed E-state index contributed by atoms with van der Waals surface area (Å²) in [6, 6.07) is 9.65. The van der Waals surface area contributed by atoms with E-state index in [0.717, 1.165) is 24.8 Å². The largest absolute Gasteiger partial charge is 0.591 e. The third kappa shape index (κ3) is 8.18. The summed E-state index contributed by atoms with van der Waals surface area (Å²) in [7, 11) is 0. The Balaban J connectivity index is 2.22. The predicted molar refractivity (Wildman–Crippen MR) is 95.6 cm³/mol. The Labute approximate surface area is 142 Å². The van der Waals surface area contributed by atoms with Crippen molar-refractivity contribution in [1.29, 1.82) is 0 Å². The molecule has 0 heterocycles. The lowest BCUT2D eigenvalue weighted by molar-refractivity contribution is -0.149. The summed E-state index contributed by atoms with van der Waals surface area (Å²) in [6.07, 6.45) is 3.98. The van der Waals surface area contributed by atoms with Crippen molar-refractivity contribution in [2.45, 2.75) is 58.3 Å². The van der Waals surface area contributed by atoms with Gasteiger partial charge in [0.2, 0.25) is 0 Å². The molecule has 0 aromatic heterocycles. The minimum atomic E-state index is -1.21. The van der Waals surface area contributed by atoms with E-state index in [-0.39, 0.29) is 16.6 Å². The highest BCUT2D eigenvalue weighted by Gasteiger charge is 2.25. The topological polar surface area (TPSA) is 61.7 Å². The first-order valence-electron chi connectivity index (χ1n) is 7.96. The van der Waals surface area contributed by atoms with E-state index in [0.29, 0.717) is 6.61 Å². The van der Waals surface area contributed by atoms with Gasteiger partial charge in [-0.25, -0.2) is 0 Å². The summed E-state index contributed by atoms with van der Waals surface area (Å²) in [5.41, 5.74) is 0.991. The number of rotatable bonds is 8. The van der Waals surface area contributed by atoms with Gasteiger partial charge in [-0.2, -0.15) is 0 Å². The summed E-state index contributed by atoms with van der Waals surface area (Å²) in [4.78, 5) is 11.9. The summed E-state index contributed by atoms with van der Waals surface area (Å²) < 4.78 is 20.8. The molecule has 0 radical (unpaired) electrons. The Morgan fingerprint density at radius 1 is 1.35 bits per heavy atom. The van der Waals surface area contributed by atoms with Gasteiger partial charge in [-0.3, -0.25) is 4.79 Å². The smallest absolute Gasteiger partial charge is 0.308 e. The third-order valence-corrected chi connectivity index (χ3v) is 4.68. The molecule has 5 heteroatoms. The normalized spacial score (nSPS) is 14.7. The highest BCUT2D eigenvalue weighted by molar-refractivity contribution is 7.91. The predicted octanol–water partition coefficient (Wildman–Crippen LogP) is 4.07. The number of nitrogens with zero attached hydrogens (tertiary/aromatic N) is 1. The minimum Gasteiger partial charge on any atom is -0.591 e. The highest BCUT2D eigenvalue weighted by Crippen LogP contribution is 2.17. The van der Waals surface area contributed by atoms with Crippen LogP contribution in [0.2, 0.25) is 0 Å². The number of unbranched alkanes of at least 4 members (excludes halogenated alkanes) is 1. The molecule has 0 unspecified atom stereocenters. The molecule has 4 nitrogen and oxygen atoms in total. The van der Waals surface area contributed by atoms with Gasteiger partial charge in [-0.15, -0.1) is 0 Å². The molecule has 0 amide bonds. The van der Waals surface area contributed by atoms with Gasteiger partial charge in [0, 0.05) is 0 Å². The zero-order valence-electron chi connectivity index (χ0n) is 14.5. The Hall–Kier alpha value is -1.33. The van der Waals surface area contributed by atoms with Gasteiger partial charge in [0.1, 0.15) is 22.7 Å². The Morgan fingerprint density at radius 3 is 2.61 bits per heavy atom. The lowest BCUT2D eigenvalue weighted by atomic mass is 10.0. The van der Waals surface area contributed by atoms with E-state index in [1.54, 1.807) is 6.21 Å². The molecular weight excluding hydrogens is 310 g/mol. The molecule has 0 aliphatic rings. The van der Waals surface area contributed by atoms with Crippen LogP contribution < -0.4 is 0 Å². The van der Waals surface area contributed by atoms with Crippen LogP contribution in [0.5, 0.6) is 0 Å². The second kappa shape index (κ2) is 9.73. The van der Waals surface area contributed by atoms with Crippen LogP contribution in [0.15, 0.2) is 34.7 Å². The first kappa shape index (κ1) is 19.7. The molecule has 0 bridgehead atoms. The maximum Gasteiger partial charge on any atom is 0.308 e. The summed E-state index contributed by atoms with van der Waals surface area (Å²) in [6.45, 7) is 7.87. The number of hydrogen-bond acceptors (Lipinski definition) is 4. The fourth-order valence-electron chi connectivity index (χ4n) is 1.78. The van der Waals surface area contributed by atoms with Crippen molar-refractivity contribution >= 4 is 23.5 Å². The average Bonchev–Trinajstić information content (AvgIpc) is 2.51. The van der Waals surface area contributed by atoms with Gasteiger partial charge >= 0.3 is 5.97 Å². The molecule has 0 fully saturated rings. The number of carbonyl (C=O) groups excluding carboxylic acids is 1. The quantitative estimate of drug-likeness (QED) is 0.311. The lowest BCUT2D eigenvalue weighted by Crippen LogP contribution is -2.25. The molecule has 0 N–H and O–H groups in total. The van der Waals surface area contributed by atoms with E-state index < -0.39 is 11.4 Å². The van der Waals surface area contributed by atoms with Crippen molar-refractivity contribution in [3.05, 3.63) is 35.9 Å². The third-order valence-electron chi connectivity index (χ3n) is 3.29. The zero-order valence-corrected chi connectivity index (χ0v) is 15.3. The van der Waals surface area contributed by atoms with Gasteiger partial charge < -0.3 is 9.29 Å². The maximum atomic E-state index is 11.9. The number of hydrogen-bond donors (Lipinski definition) is 0. The molecule has 1 aromatic rings. The molecule has 0 saturated carbocycles. The molecule has 0 spiro atoms. The molecule has 1 aromatic carbocycles. The van der Waals surface area contributed by atoms with Crippen molar-refractivity contribution in [1.82, 2.24) is 0 Å². The van der Waals surface area contributed by atoms with Gasteiger partial charge in [-0.05, 0) is 45.6 Å². The van der Waals surface area contributed by atoms with Crippen LogP contribution in [0, 0.1) is 5.92 Å². The number of carbonyl (C=O) groups is 1. The fraction of sp³-hybridized carbons (Fsp3) is 0.556. The van der Waals surface area contributed by atoms with Crippen molar-refractivity contribution in [3.8, 4) is 0 Å². The van der Waals surface area contributed by atoms with E-state index in [4.69, 9.17) is 4.74 Å². The van der Waals surface area contributed by atoms with Crippen molar-refractivity contribution < 1.29 is 14.1 Å². The molecule has 128 valence electrons. The van der Waals surface area contributed by atoms with Crippen LogP contribution in [0.3, 0.4) is 0 Å². The summed E-state index contributed by atoms with van der Waals surface area (Å²) >= 11 is -1.21. The van der Waals surface area contributed by atoms with E-state index >= 15 is 0 Å². The van der Waals surface area contributed by atoms with Crippen molar-refractivity contribution in [3.63, 3.8) is 0 Å². The van der Waals surface area contributed by atoms with Crippen LogP contribution in [-0.2, 0) is 27.5 Å². The number of benzene rings is 1. The first-order chi connectivity index (χ1) is 10.8. The van der Waals surface area contributed by atoms with Gasteiger partial charge in [-0.1, -0.05) is 41.7 Å². The highest BCUT2D eigenvalue weighted by atomic mass is 32.2. The van der Waals surface area contributed by atoms with Gasteiger partial charge in [0.15, 0.2) is 0 Å². The maximum absolute atomic E-state index is 11.9. The van der Waals surface area contributed by atoms with E-state index in [2.05, 4.69) is 4.40 Å². The molecule has 0 saturated heterocycles. The van der Waals surface area contributed by atoms with Crippen molar-refractivity contribution in [2.24, 2.45) is 10.3 Å². The standard InChI is InChI=1S/C18H27NO3S/c1-15(10-8-9-13-19-23(21)18(2,3)4)17(20)22-14-16-11-6-5-7-12-16/h5-7,11-13,15H,8-10,14H2,1-4H3/b19-13+/t15-,23-/m1/s1. The second-order valence-electron chi connectivity index (χ2n) is 6.57. The summed E-state index contributed by atoms with van der Waals surface area (Å²) in [5.74, 6) is -0.315. The van der Waals surface area contributed by atoms with Crippen LogP contribution in [0.25, 0.3) is 0 Å². The lowest BCUT2D eigenvalue weighted by Gasteiger charge is -2.17. The monoisotopic (exact) mass is 337 g/mol. The Kier molecular flexibility index (Phi) is 8.34. The number of ether oxygens (including phenoxy) is 1. The van der Waals surface area contributed by atoms with Crippen LogP contribution in [0.1, 0.15) is 52.5 Å². The average molecular weight is 337 g/mol. The van der Waals surface area contributed by atoms with E-state index in [9.17, 15) is 9.35 Å². The SMILES string of the molecule is C[C@H](CCC/C=N/[S@+]([O-])C(C)(C)C)C(=O)OCc1ccccc1. The zero-order chi connectivity index (χ0) is 17.3. The van der Waals surface area contributed by atoms with Crippen LogP contribution in [0.4, 0.5) is 0 Å². The van der Waals surface area contributed by atoms with Crippen molar-refractivity contribution in [2.75, 3.05) is 0 Å². The Morgan fingerprint density at radius 2 is 2.00 bits per heavy atom. The molecule has 0 aliphatic carbocycles. The minimum absolute atomic E-state index is 0.139. The van der Waals surface area contributed by atoms with Gasteiger partial charge in [0.05, 0.1) is 12.1 Å². The molecule has 2 atom stereocenters. The molecular formula is C18H27NO3S.